The van der Waals surface area contributed by atoms with E-state index in [9.17, 15) is 0 Å². The van der Waals surface area contributed by atoms with E-state index >= 15 is 0 Å². The lowest BCUT2D eigenvalue weighted by Crippen LogP contribution is -2.65. The fourth-order valence-corrected chi connectivity index (χ4v) is 3.71. The van der Waals surface area contributed by atoms with Crippen molar-refractivity contribution in [3.8, 4) is 0 Å². The second-order valence-corrected chi connectivity index (χ2v) is 6.12. The van der Waals surface area contributed by atoms with Gasteiger partial charge in [-0.25, -0.2) is 0 Å². The summed E-state index contributed by atoms with van der Waals surface area (Å²) in [5, 5.41) is 3.87. The van der Waals surface area contributed by atoms with Crippen molar-refractivity contribution in [1.29, 1.82) is 0 Å². The zero-order chi connectivity index (χ0) is 13.1. The minimum absolute atomic E-state index is 0.361. The quantitative estimate of drug-likeness (QED) is 0.885. The predicted molar refractivity (Wildman–Crippen MR) is 79.5 cm³/mol. The Bertz CT molecular complexity index is 398. The van der Waals surface area contributed by atoms with Crippen molar-refractivity contribution in [3.63, 3.8) is 0 Å². The number of nitrogens with zero attached hydrogens (tertiary/aromatic N) is 2. The number of rotatable bonds is 2. The largest absolute Gasteiger partial charge is 0.364 e. The third-order valence-corrected chi connectivity index (χ3v) is 4.89. The van der Waals surface area contributed by atoms with E-state index in [1.54, 1.807) is 0 Å². The molecule has 19 heavy (non-hydrogen) atoms. The molecular weight excluding hydrogens is 234 g/mol. The molecule has 1 saturated heterocycles. The molecule has 3 nitrogen and oxygen atoms in total. The smallest absolute Gasteiger partial charge is 0.0556 e. The summed E-state index contributed by atoms with van der Waals surface area (Å²) in [7, 11) is 0. The Balaban J connectivity index is 1.82. The van der Waals surface area contributed by atoms with Crippen LogP contribution in [0.15, 0.2) is 24.5 Å². The van der Waals surface area contributed by atoms with Crippen LogP contribution < -0.4 is 10.2 Å². The van der Waals surface area contributed by atoms with Crippen molar-refractivity contribution in [1.82, 2.24) is 10.3 Å². The fourth-order valence-electron chi connectivity index (χ4n) is 3.71. The number of pyridine rings is 1. The number of hydrogen-bond acceptors (Lipinski definition) is 3. The molecule has 2 fully saturated rings. The third-order valence-electron chi connectivity index (χ3n) is 4.89. The van der Waals surface area contributed by atoms with Crippen LogP contribution in [0.3, 0.4) is 0 Å². The Morgan fingerprint density at radius 2 is 2.21 bits per heavy atom. The molecule has 1 spiro atoms. The monoisotopic (exact) mass is 259 g/mol. The predicted octanol–water partition coefficient (Wildman–Crippen LogP) is 2.97. The highest BCUT2D eigenvalue weighted by Crippen LogP contribution is 2.34. The molecule has 0 amide bonds. The van der Waals surface area contributed by atoms with Crippen LogP contribution in [0.5, 0.6) is 0 Å². The van der Waals surface area contributed by atoms with Gasteiger partial charge in [-0.1, -0.05) is 26.2 Å². The van der Waals surface area contributed by atoms with Gasteiger partial charge >= 0.3 is 0 Å². The number of piperazine rings is 1. The maximum atomic E-state index is 4.30. The molecule has 1 saturated carbocycles. The Morgan fingerprint density at radius 3 is 2.89 bits per heavy atom. The SMILES string of the molecule is CCC1CNC2(CCCCC2)CN1c1cccnc1. The van der Waals surface area contributed by atoms with Crippen LogP contribution in [0.4, 0.5) is 5.69 Å². The first-order valence-electron chi connectivity index (χ1n) is 7.75. The molecule has 1 aliphatic carbocycles. The van der Waals surface area contributed by atoms with E-state index in [1.165, 1.54) is 44.2 Å². The van der Waals surface area contributed by atoms with Crippen molar-refractivity contribution < 1.29 is 0 Å². The molecule has 1 atom stereocenters. The molecule has 1 unspecified atom stereocenters. The highest BCUT2D eigenvalue weighted by atomic mass is 15.3. The van der Waals surface area contributed by atoms with Gasteiger partial charge in [-0.3, -0.25) is 4.98 Å². The molecule has 0 bridgehead atoms. The molecule has 0 aromatic carbocycles. The summed E-state index contributed by atoms with van der Waals surface area (Å²) in [5.74, 6) is 0. The second kappa shape index (κ2) is 5.49. The summed E-state index contributed by atoms with van der Waals surface area (Å²) in [4.78, 5) is 6.89. The lowest BCUT2D eigenvalue weighted by atomic mass is 9.79. The molecule has 1 aliphatic heterocycles. The topological polar surface area (TPSA) is 28.2 Å². The van der Waals surface area contributed by atoms with Gasteiger partial charge in [0.1, 0.15) is 0 Å². The highest BCUT2D eigenvalue weighted by molar-refractivity contribution is 5.46. The van der Waals surface area contributed by atoms with Gasteiger partial charge < -0.3 is 10.2 Å². The summed E-state index contributed by atoms with van der Waals surface area (Å²) in [6.45, 7) is 4.55. The van der Waals surface area contributed by atoms with Gasteiger partial charge in [0.2, 0.25) is 0 Å². The maximum absolute atomic E-state index is 4.30. The maximum Gasteiger partial charge on any atom is 0.0556 e. The minimum atomic E-state index is 0.361. The Kier molecular flexibility index (Phi) is 3.74. The Hall–Kier alpha value is -1.09. The van der Waals surface area contributed by atoms with Crippen LogP contribution in [0.1, 0.15) is 45.4 Å². The van der Waals surface area contributed by atoms with Gasteiger partial charge in [-0.15, -0.1) is 0 Å². The average molecular weight is 259 g/mol. The van der Waals surface area contributed by atoms with Crippen LogP contribution in [-0.4, -0.2) is 29.7 Å². The summed E-state index contributed by atoms with van der Waals surface area (Å²) in [6.07, 6.45) is 11.9. The number of hydrogen-bond donors (Lipinski definition) is 1. The van der Waals surface area contributed by atoms with Crippen LogP contribution >= 0.6 is 0 Å². The van der Waals surface area contributed by atoms with Crippen LogP contribution in [0, 0.1) is 0 Å². The first-order chi connectivity index (χ1) is 9.33. The standard InChI is InChI=1S/C16H25N3/c1-2-14-12-18-16(8-4-3-5-9-16)13-19(14)15-7-6-10-17-11-15/h6-7,10-11,14,18H,2-5,8-9,12-13H2,1H3. The molecule has 1 aromatic heterocycles. The average Bonchev–Trinajstić information content (AvgIpc) is 2.49. The lowest BCUT2D eigenvalue weighted by molar-refractivity contribution is 0.196. The lowest BCUT2D eigenvalue weighted by Gasteiger charge is -2.50. The van der Waals surface area contributed by atoms with E-state index in [2.05, 4.69) is 34.3 Å². The number of nitrogens with one attached hydrogen (secondary N) is 1. The molecular formula is C16H25N3. The summed E-state index contributed by atoms with van der Waals surface area (Å²) in [5.41, 5.74) is 1.65. The van der Waals surface area contributed by atoms with Gasteiger partial charge in [0.15, 0.2) is 0 Å². The van der Waals surface area contributed by atoms with Crippen molar-refractivity contribution in [3.05, 3.63) is 24.5 Å². The minimum Gasteiger partial charge on any atom is -0.364 e. The first-order valence-corrected chi connectivity index (χ1v) is 7.75. The molecule has 1 aromatic rings. The van der Waals surface area contributed by atoms with Crippen LogP contribution in [-0.2, 0) is 0 Å². The van der Waals surface area contributed by atoms with E-state index in [1.807, 2.05) is 12.4 Å². The molecule has 3 heteroatoms. The summed E-state index contributed by atoms with van der Waals surface area (Å²) >= 11 is 0. The van der Waals surface area contributed by atoms with Crippen molar-refractivity contribution in [2.45, 2.75) is 57.0 Å². The number of aromatic nitrogens is 1. The van der Waals surface area contributed by atoms with Crippen molar-refractivity contribution >= 4 is 5.69 Å². The second-order valence-electron chi connectivity index (χ2n) is 6.12. The highest BCUT2D eigenvalue weighted by Gasteiger charge is 2.39. The molecule has 104 valence electrons. The van der Waals surface area contributed by atoms with Gasteiger partial charge in [0, 0.05) is 30.9 Å². The zero-order valence-electron chi connectivity index (χ0n) is 11.9. The number of anilines is 1. The van der Waals surface area contributed by atoms with Gasteiger partial charge in [-0.05, 0) is 31.4 Å². The fraction of sp³-hybridized carbons (Fsp3) is 0.688. The Labute approximate surface area is 116 Å². The van der Waals surface area contributed by atoms with Crippen LogP contribution in [0.25, 0.3) is 0 Å². The van der Waals surface area contributed by atoms with Gasteiger partial charge in [-0.2, -0.15) is 0 Å². The van der Waals surface area contributed by atoms with Crippen LogP contribution in [0.2, 0.25) is 0 Å². The summed E-state index contributed by atoms with van der Waals surface area (Å²) < 4.78 is 0. The Morgan fingerprint density at radius 1 is 1.37 bits per heavy atom. The van der Waals surface area contributed by atoms with Gasteiger partial charge in [0.05, 0.1) is 11.9 Å². The van der Waals surface area contributed by atoms with Crippen molar-refractivity contribution in [2.24, 2.45) is 0 Å². The van der Waals surface area contributed by atoms with E-state index in [0.717, 1.165) is 13.1 Å². The first kappa shape index (κ1) is 12.9. The van der Waals surface area contributed by atoms with E-state index in [0.29, 0.717) is 11.6 Å². The summed E-state index contributed by atoms with van der Waals surface area (Å²) in [6, 6.07) is 4.87. The zero-order valence-corrected chi connectivity index (χ0v) is 11.9. The van der Waals surface area contributed by atoms with Crippen molar-refractivity contribution in [2.75, 3.05) is 18.0 Å². The van der Waals surface area contributed by atoms with Gasteiger partial charge in [0.25, 0.3) is 0 Å². The normalized spacial score (nSPS) is 26.6. The molecule has 2 heterocycles. The van der Waals surface area contributed by atoms with E-state index in [4.69, 9.17) is 0 Å². The van der Waals surface area contributed by atoms with E-state index in [-0.39, 0.29) is 0 Å². The molecule has 3 rings (SSSR count). The molecule has 0 radical (unpaired) electrons. The van der Waals surface area contributed by atoms with E-state index < -0.39 is 0 Å². The third kappa shape index (κ3) is 2.62. The molecule has 2 aliphatic rings. The molecule has 1 N–H and O–H groups in total.